The van der Waals surface area contributed by atoms with E-state index in [9.17, 15) is 18.7 Å². The van der Waals surface area contributed by atoms with E-state index in [0.29, 0.717) is 5.56 Å². The number of likely N-dealkylation sites (tertiary alicyclic amines) is 1. The molecule has 2 unspecified atom stereocenters. The summed E-state index contributed by atoms with van der Waals surface area (Å²) in [6.07, 6.45) is 0.542. The van der Waals surface area contributed by atoms with Crippen LogP contribution in [0.3, 0.4) is 0 Å². The van der Waals surface area contributed by atoms with Gasteiger partial charge >= 0.3 is 0 Å². The molecule has 1 amide bonds. The van der Waals surface area contributed by atoms with Crippen LogP contribution in [0, 0.1) is 23.0 Å². The summed E-state index contributed by atoms with van der Waals surface area (Å²) in [6, 6.07) is 6.99. The molecule has 1 aromatic heterocycles. The molecule has 122 valence electrons. The Morgan fingerprint density at radius 1 is 1.33 bits per heavy atom. The second kappa shape index (κ2) is 6.34. The quantitative estimate of drug-likeness (QED) is 0.916. The number of hydrogen-bond acceptors (Lipinski definition) is 4. The lowest BCUT2D eigenvalue weighted by molar-refractivity contribution is 0.0708. The molecule has 3 rings (SSSR count). The molecule has 0 spiro atoms. The number of pyridine rings is 1. The van der Waals surface area contributed by atoms with Crippen LogP contribution in [0.1, 0.15) is 34.1 Å². The van der Waals surface area contributed by atoms with Gasteiger partial charge in [0.2, 0.25) is 0 Å². The van der Waals surface area contributed by atoms with Crippen molar-refractivity contribution < 1.29 is 18.7 Å². The Morgan fingerprint density at radius 3 is 2.79 bits per heavy atom. The number of aliphatic hydroxyl groups is 1. The van der Waals surface area contributed by atoms with Crippen LogP contribution in [0.4, 0.5) is 8.78 Å². The third-order valence-corrected chi connectivity index (χ3v) is 3.97. The minimum Gasteiger partial charge on any atom is -0.391 e. The van der Waals surface area contributed by atoms with Crippen molar-refractivity contribution in [2.75, 3.05) is 6.54 Å². The van der Waals surface area contributed by atoms with E-state index in [1.807, 2.05) is 6.07 Å². The molecule has 1 aromatic carbocycles. The first-order chi connectivity index (χ1) is 11.5. The molecule has 1 saturated heterocycles. The van der Waals surface area contributed by atoms with Gasteiger partial charge in [0.25, 0.3) is 5.91 Å². The van der Waals surface area contributed by atoms with Gasteiger partial charge in [-0.25, -0.2) is 13.8 Å². The number of carbonyl (C=O) groups excluding carboxylic acids is 1. The first-order valence-electron chi connectivity index (χ1n) is 7.29. The summed E-state index contributed by atoms with van der Waals surface area (Å²) in [6.45, 7) is 0.00113. The molecule has 5 nitrogen and oxygen atoms in total. The van der Waals surface area contributed by atoms with Gasteiger partial charge in [0.15, 0.2) is 0 Å². The summed E-state index contributed by atoms with van der Waals surface area (Å²) in [5, 5.41) is 18.7. The second-order valence-electron chi connectivity index (χ2n) is 5.57. The molecule has 1 N–H and O–H groups in total. The topological polar surface area (TPSA) is 77.2 Å². The molecule has 1 aliphatic heterocycles. The highest BCUT2D eigenvalue weighted by Crippen LogP contribution is 2.34. The zero-order valence-corrected chi connectivity index (χ0v) is 12.5. The van der Waals surface area contributed by atoms with Crippen LogP contribution in [0.25, 0.3) is 0 Å². The highest BCUT2D eigenvalue weighted by Gasteiger charge is 2.37. The van der Waals surface area contributed by atoms with Gasteiger partial charge in [-0.05, 0) is 36.8 Å². The predicted octanol–water partition coefficient (Wildman–Crippen LogP) is 2.18. The lowest BCUT2D eigenvalue weighted by Gasteiger charge is -2.24. The largest absolute Gasteiger partial charge is 0.391 e. The van der Waals surface area contributed by atoms with Crippen molar-refractivity contribution in [3.63, 3.8) is 0 Å². The van der Waals surface area contributed by atoms with Crippen LogP contribution in [-0.4, -0.2) is 33.5 Å². The first kappa shape index (κ1) is 16.0. The van der Waals surface area contributed by atoms with Gasteiger partial charge in [0, 0.05) is 18.3 Å². The summed E-state index contributed by atoms with van der Waals surface area (Å²) in [7, 11) is 0. The van der Waals surface area contributed by atoms with Crippen LogP contribution < -0.4 is 0 Å². The summed E-state index contributed by atoms with van der Waals surface area (Å²) in [5.41, 5.74) is 0.402. The minimum atomic E-state index is -0.833. The summed E-state index contributed by atoms with van der Waals surface area (Å²) in [4.78, 5) is 17.8. The van der Waals surface area contributed by atoms with Crippen molar-refractivity contribution in [1.29, 1.82) is 5.26 Å². The van der Waals surface area contributed by atoms with E-state index < -0.39 is 29.7 Å². The van der Waals surface area contributed by atoms with E-state index in [2.05, 4.69) is 4.98 Å². The average molecular weight is 329 g/mol. The Balaban J connectivity index is 1.94. The predicted molar refractivity (Wildman–Crippen MR) is 79.7 cm³/mol. The third kappa shape index (κ3) is 2.96. The van der Waals surface area contributed by atoms with E-state index in [1.165, 1.54) is 23.2 Å². The van der Waals surface area contributed by atoms with Gasteiger partial charge in [0.05, 0.1) is 17.7 Å². The van der Waals surface area contributed by atoms with Crippen LogP contribution in [0.2, 0.25) is 0 Å². The zero-order chi connectivity index (χ0) is 17.3. The van der Waals surface area contributed by atoms with Crippen molar-refractivity contribution in [3.05, 3.63) is 65.0 Å². The van der Waals surface area contributed by atoms with Crippen LogP contribution >= 0.6 is 0 Å². The maximum atomic E-state index is 14.0. The normalized spacial score (nSPS) is 20.0. The number of aliphatic hydroxyl groups excluding tert-OH is 1. The number of hydrogen-bond donors (Lipinski definition) is 1. The zero-order valence-electron chi connectivity index (χ0n) is 12.5. The lowest BCUT2D eigenvalue weighted by Crippen LogP contribution is -2.32. The number of nitriles is 1. The maximum absolute atomic E-state index is 14.0. The SMILES string of the molecule is N#Cc1ccc(C(=O)N2CC(O)CC2c2cc(F)ccc2F)nc1. The number of halogens is 2. The highest BCUT2D eigenvalue weighted by atomic mass is 19.1. The highest BCUT2D eigenvalue weighted by molar-refractivity contribution is 5.93. The molecule has 2 heterocycles. The van der Waals surface area contributed by atoms with Crippen molar-refractivity contribution >= 4 is 5.91 Å². The lowest BCUT2D eigenvalue weighted by atomic mass is 10.0. The van der Waals surface area contributed by atoms with Crippen molar-refractivity contribution in [2.24, 2.45) is 0 Å². The molecular formula is C17H13F2N3O2. The summed E-state index contributed by atoms with van der Waals surface area (Å²) >= 11 is 0. The number of nitrogens with zero attached hydrogens (tertiary/aromatic N) is 3. The van der Waals surface area contributed by atoms with Gasteiger partial charge in [-0.2, -0.15) is 5.26 Å². The molecule has 0 aliphatic carbocycles. The van der Waals surface area contributed by atoms with E-state index in [1.54, 1.807) is 0 Å². The number of aromatic nitrogens is 1. The molecular weight excluding hydrogens is 316 g/mol. The molecule has 2 atom stereocenters. The standard InChI is InChI=1S/C17H13F2N3O2/c18-11-2-3-14(19)13(5-11)16-6-12(23)9-22(16)17(24)15-4-1-10(7-20)8-21-15/h1-5,8,12,16,23H,6,9H2. The van der Waals surface area contributed by atoms with E-state index in [4.69, 9.17) is 5.26 Å². The summed E-state index contributed by atoms with van der Waals surface area (Å²) < 4.78 is 27.5. The van der Waals surface area contributed by atoms with Crippen molar-refractivity contribution in [2.45, 2.75) is 18.6 Å². The Labute approximate surface area is 136 Å². The van der Waals surface area contributed by atoms with Gasteiger partial charge < -0.3 is 10.0 Å². The second-order valence-corrected chi connectivity index (χ2v) is 5.57. The molecule has 1 fully saturated rings. The van der Waals surface area contributed by atoms with Crippen molar-refractivity contribution in [1.82, 2.24) is 9.88 Å². The summed E-state index contributed by atoms with van der Waals surface area (Å²) in [5.74, 6) is -1.76. The van der Waals surface area contributed by atoms with Gasteiger partial charge in [-0.15, -0.1) is 0 Å². The Hall–Kier alpha value is -2.85. The molecule has 0 saturated carbocycles. The fraction of sp³-hybridized carbons (Fsp3) is 0.235. The molecule has 7 heteroatoms. The number of amides is 1. The van der Waals surface area contributed by atoms with Crippen LogP contribution in [-0.2, 0) is 0 Å². The van der Waals surface area contributed by atoms with E-state index >= 15 is 0 Å². The van der Waals surface area contributed by atoms with Gasteiger partial charge in [-0.3, -0.25) is 4.79 Å². The maximum Gasteiger partial charge on any atom is 0.273 e. The number of β-amino-alcohol motifs (C(OH)–C–C–N with tert-alkyl or cyclic N) is 1. The van der Waals surface area contributed by atoms with Crippen LogP contribution in [0.15, 0.2) is 36.5 Å². The Bertz CT molecular complexity index is 818. The molecule has 2 aromatic rings. The number of benzene rings is 1. The minimum absolute atomic E-state index is 0.00113. The first-order valence-corrected chi connectivity index (χ1v) is 7.29. The van der Waals surface area contributed by atoms with Crippen molar-refractivity contribution in [3.8, 4) is 6.07 Å². The van der Waals surface area contributed by atoms with Gasteiger partial charge in [-0.1, -0.05) is 0 Å². The van der Waals surface area contributed by atoms with E-state index in [0.717, 1.165) is 18.2 Å². The Kier molecular flexibility index (Phi) is 4.23. The van der Waals surface area contributed by atoms with E-state index in [-0.39, 0.29) is 24.2 Å². The Morgan fingerprint density at radius 2 is 2.12 bits per heavy atom. The molecule has 0 radical (unpaired) electrons. The third-order valence-electron chi connectivity index (χ3n) is 3.97. The molecule has 24 heavy (non-hydrogen) atoms. The number of carbonyl (C=O) groups is 1. The van der Waals surface area contributed by atoms with Crippen LogP contribution in [0.5, 0.6) is 0 Å². The monoisotopic (exact) mass is 329 g/mol. The fourth-order valence-corrected chi connectivity index (χ4v) is 2.84. The fourth-order valence-electron chi connectivity index (χ4n) is 2.84. The molecule has 0 bridgehead atoms. The van der Waals surface area contributed by atoms with Gasteiger partial charge in [0.1, 0.15) is 23.4 Å². The smallest absolute Gasteiger partial charge is 0.273 e. The number of rotatable bonds is 2. The average Bonchev–Trinajstić information content (AvgIpc) is 2.98. The molecule has 1 aliphatic rings.